The Morgan fingerprint density at radius 1 is 1.60 bits per heavy atom. The number of Topliss-reactive ketones (excluding diaryl/α,β-unsaturated/α-hetero) is 1. The van der Waals surface area contributed by atoms with Gasteiger partial charge in [-0.2, -0.15) is 4.80 Å². The molecule has 6 heteroatoms. The summed E-state index contributed by atoms with van der Waals surface area (Å²) in [5.41, 5.74) is 5.11. The normalized spacial score (nSPS) is 14.9. The van der Waals surface area contributed by atoms with E-state index in [0.29, 0.717) is 12.2 Å². The second-order valence-corrected chi connectivity index (χ2v) is 3.96. The molecule has 0 radical (unpaired) electrons. The van der Waals surface area contributed by atoms with Gasteiger partial charge in [-0.15, -0.1) is 10.2 Å². The molecule has 0 aromatic carbocycles. The van der Waals surface area contributed by atoms with Crippen LogP contribution in [0.3, 0.4) is 0 Å². The van der Waals surface area contributed by atoms with E-state index in [-0.39, 0.29) is 12.2 Å². The SMILES string of the molecule is CCCC(C)(N)C(=O)Cc1nnn(C)n1. The van der Waals surface area contributed by atoms with Gasteiger partial charge in [-0.25, -0.2) is 0 Å². The molecule has 6 nitrogen and oxygen atoms in total. The molecule has 0 saturated carbocycles. The van der Waals surface area contributed by atoms with Crippen molar-refractivity contribution in [3.05, 3.63) is 5.82 Å². The van der Waals surface area contributed by atoms with Crippen molar-refractivity contribution < 1.29 is 4.79 Å². The zero-order valence-corrected chi connectivity index (χ0v) is 9.40. The molecule has 0 saturated heterocycles. The predicted molar refractivity (Wildman–Crippen MR) is 55.0 cm³/mol. The fourth-order valence-corrected chi connectivity index (χ4v) is 1.40. The van der Waals surface area contributed by atoms with Crippen LogP contribution < -0.4 is 5.73 Å². The Hall–Kier alpha value is -1.30. The van der Waals surface area contributed by atoms with Gasteiger partial charge in [0, 0.05) is 0 Å². The van der Waals surface area contributed by atoms with Gasteiger partial charge in [0.1, 0.15) is 0 Å². The third-order valence-electron chi connectivity index (χ3n) is 2.27. The second kappa shape index (κ2) is 4.48. The standard InChI is InChI=1S/C9H17N5O/c1-4-5-9(2,10)7(15)6-8-11-13-14(3)12-8/h4-6,10H2,1-3H3. The summed E-state index contributed by atoms with van der Waals surface area (Å²) < 4.78 is 0. The number of carbonyl (C=O) groups is 1. The maximum atomic E-state index is 11.8. The highest BCUT2D eigenvalue weighted by atomic mass is 16.1. The van der Waals surface area contributed by atoms with E-state index < -0.39 is 5.54 Å². The summed E-state index contributed by atoms with van der Waals surface area (Å²) in [7, 11) is 1.66. The third-order valence-corrected chi connectivity index (χ3v) is 2.27. The van der Waals surface area contributed by atoms with Crippen LogP contribution in [0.2, 0.25) is 0 Å². The van der Waals surface area contributed by atoms with Crippen molar-refractivity contribution in [3.63, 3.8) is 0 Å². The summed E-state index contributed by atoms with van der Waals surface area (Å²) in [5.74, 6) is 0.382. The number of ketones is 1. The van der Waals surface area contributed by atoms with Gasteiger partial charge >= 0.3 is 0 Å². The van der Waals surface area contributed by atoms with Crippen LogP contribution in [0, 0.1) is 0 Å². The molecule has 0 aliphatic carbocycles. The summed E-state index contributed by atoms with van der Waals surface area (Å²) in [6, 6.07) is 0. The molecule has 84 valence electrons. The Kier molecular flexibility index (Phi) is 3.52. The predicted octanol–water partition coefficient (Wildman–Crippen LogP) is -0.161. The number of nitrogens with zero attached hydrogens (tertiary/aromatic N) is 4. The largest absolute Gasteiger partial charge is 0.319 e. The minimum absolute atomic E-state index is 0.0441. The van der Waals surface area contributed by atoms with Gasteiger partial charge in [0.2, 0.25) is 0 Å². The Balaban J connectivity index is 2.63. The van der Waals surface area contributed by atoms with Gasteiger partial charge in [-0.1, -0.05) is 13.3 Å². The van der Waals surface area contributed by atoms with Crippen molar-refractivity contribution in [2.45, 2.75) is 38.6 Å². The Morgan fingerprint density at radius 3 is 2.73 bits per heavy atom. The molecule has 0 bridgehead atoms. The Bertz CT molecular complexity index is 344. The van der Waals surface area contributed by atoms with Crippen LogP contribution in [0.1, 0.15) is 32.5 Å². The smallest absolute Gasteiger partial charge is 0.182 e. The molecule has 1 unspecified atom stereocenters. The quantitative estimate of drug-likeness (QED) is 0.731. The first kappa shape index (κ1) is 11.8. The molecule has 1 rings (SSSR count). The molecule has 15 heavy (non-hydrogen) atoms. The first-order chi connectivity index (χ1) is 6.95. The summed E-state index contributed by atoms with van der Waals surface area (Å²) >= 11 is 0. The topological polar surface area (TPSA) is 86.7 Å². The number of aromatic nitrogens is 4. The van der Waals surface area contributed by atoms with Crippen LogP contribution >= 0.6 is 0 Å². The molecule has 0 fully saturated rings. The Morgan fingerprint density at radius 2 is 2.27 bits per heavy atom. The molecule has 1 atom stereocenters. The highest BCUT2D eigenvalue weighted by Gasteiger charge is 2.27. The molecule has 0 aliphatic rings. The summed E-state index contributed by atoms with van der Waals surface area (Å²) in [5, 5.41) is 11.4. The van der Waals surface area contributed by atoms with E-state index in [1.54, 1.807) is 14.0 Å². The van der Waals surface area contributed by atoms with Crippen molar-refractivity contribution in [1.82, 2.24) is 20.2 Å². The van der Waals surface area contributed by atoms with Crippen LogP contribution in [0.25, 0.3) is 0 Å². The van der Waals surface area contributed by atoms with Gasteiger partial charge in [-0.3, -0.25) is 4.79 Å². The molecule has 0 aliphatic heterocycles. The first-order valence-electron chi connectivity index (χ1n) is 5.00. The zero-order valence-electron chi connectivity index (χ0n) is 9.40. The fraction of sp³-hybridized carbons (Fsp3) is 0.778. The average molecular weight is 211 g/mol. The van der Waals surface area contributed by atoms with Crippen molar-refractivity contribution in [3.8, 4) is 0 Å². The molecule has 0 amide bonds. The summed E-state index contributed by atoms with van der Waals surface area (Å²) in [6.07, 6.45) is 1.71. The minimum Gasteiger partial charge on any atom is -0.319 e. The van der Waals surface area contributed by atoms with Crippen molar-refractivity contribution in [2.75, 3.05) is 0 Å². The molecule has 1 heterocycles. The van der Waals surface area contributed by atoms with E-state index in [4.69, 9.17) is 5.73 Å². The lowest BCUT2D eigenvalue weighted by molar-refractivity contribution is -0.123. The first-order valence-corrected chi connectivity index (χ1v) is 5.00. The monoisotopic (exact) mass is 211 g/mol. The van der Waals surface area contributed by atoms with Gasteiger partial charge in [0.05, 0.1) is 19.0 Å². The lowest BCUT2D eigenvalue weighted by Crippen LogP contribution is -2.45. The minimum atomic E-state index is -0.784. The number of nitrogens with two attached hydrogens (primary N) is 1. The van der Waals surface area contributed by atoms with E-state index in [0.717, 1.165) is 6.42 Å². The number of rotatable bonds is 5. The van der Waals surface area contributed by atoms with Gasteiger partial charge in [0.25, 0.3) is 0 Å². The lowest BCUT2D eigenvalue weighted by Gasteiger charge is -2.21. The summed E-state index contributed by atoms with van der Waals surface area (Å²) in [6.45, 7) is 3.74. The van der Waals surface area contributed by atoms with Crippen molar-refractivity contribution >= 4 is 5.78 Å². The van der Waals surface area contributed by atoms with Gasteiger partial charge < -0.3 is 5.73 Å². The van der Waals surface area contributed by atoms with Crippen molar-refractivity contribution in [2.24, 2.45) is 12.8 Å². The fourth-order valence-electron chi connectivity index (χ4n) is 1.40. The number of tetrazole rings is 1. The third kappa shape index (κ3) is 3.09. The number of carbonyl (C=O) groups excluding carboxylic acids is 1. The van der Waals surface area contributed by atoms with Crippen LogP contribution in [0.5, 0.6) is 0 Å². The maximum Gasteiger partial charge on any atom is 0.182 e. The molecule has 1 aromatic rings. The number of aryl methyl sites for hydroxylation is 1. The number of hydrogen-bond acceptors (Lipinski definition) is 5. The molecule has 0 spiro atoms. The van der Waals surface area contributed by atoms with Crippen LogP contribution in [-0.4, -0.2) is 31.5 Å². The van der Waals surface area contributed by atoms with Crippen LogP contribution in [-0.2, 0) is 18.3 Å². The maximum absolute atomic E-state index is 11.8. The van der Waals surface area contributed by atoms with Gasteiger partial charge in [-0.05, 0) is 18.6 Å². The highest BCUT2D eigenvalue weighted by molar-refractivity contribution is 5.88. The molecule has 1 aromatic heterocycles. The van der Waals surface area contributed by atoms with E-state index in [1.807, 2.05) is 6.92 Å². The van der Waals surface area contributed by atoms with Crippen LogP contribution in [0.4, 0.5) is 0 Å². The van der Waals surface area contributed by atoms with Crippen LogP contribution in [0.15, 0.2) is 0 Å². The average Bonchev–Trinajstić information content (AvgIpc) is 2.51. The zero-order chi connectivity index (χ0) is 11.5. The van der Waals surface area contributed by atoms with Crippen molar-refractivity contribution in [1.29, 1.82) is 0 Å². The lowest BCUT2D eigenvalue weighted by atomic mass is 9.90. The van der Waals surface area contributed by atoms with Gasteiger partial charge in [0.15, 0.2) is 11.6 Å². The Labute approximate surface area is 88.8 Å². The number of hydrogen-bond donors (Lipinski definition) is 1. The van der Waals surface area contributed by atoms with E-state index in [1.165, 1.54) is 4.80 Å². The molecular formula is C9H17N5O. The van der Waals surface area contributed by atoms with E-state index in [2.05, 4.69) is 15.4 Å². The second-order valence-electron chi connectivity index (χ2n) is 3.96. The van der Waals surface area contributed by atoms with E-state index in [9.17, 15) is 4.79 Å². The molecule has 2 N–H and O–H groups in total. The molecular weight excluding hydrogens is 194 g/mol. The highest BCUT2D eigenvalue weighted by Crippen LogP contribution is 2.11. The van der Waals surface area contributed by atoms with E-state index >= 15 is 0 Å². The summed E-state index contributed by atoms with van der Waals surface area (Å²) in [4.78, 5) is 13.1.